The predicted molar refractivity (Wildman–Crippen MR) is 47.2 cm³/mol. The quantitative estimate of drug-likeness (QED) is 0.766. The molecule has 0 bridgehead atoms. The van der Waals surface area contributed by atoms with Crippen LogP contribution in [0.25, 0.3) is 0 Å². The SMILES string of the molecule is Cc1ccc(C(O)(C(F)(F)F)C(F)(F)F)cc1. The average Bonchev–Trinajstić information content (AvgIpc) is 2.14. The lowest BCUT2D eigenvalue weighted by atomic mass is 9.92. The summed E-state index contributed by atoms with van der Waals surface area (Å²) in [6.07, 6.45) is -11.7. The van der Waals surface area contributed by atoms with E-state index in [4.69, 9.17) is 5.11 Å². The minimum Gasteiger partial charge on any atom is -0.369 e. The van der Waals surface area contributed by atoms with Crippen molar-refractivity contribution >= 4 is 0 Å². The number of aliphatic hydroxyl groups is 1. The molecule has 0 aliphatic rings. The van der Waals surface area contributed by atoms with Gasteiger partial charge in [0.25, 0.3) is 5.60 Å². The number of hydrogen-bond donors (Lipinski definition) is 1. The molecule has 0 amide bonds. The minimum atomic E-state index is -5.83. The first-order valence-electron chi connectivity index (χ1n) is 4.43. The lowest BCUT2D eigenvalue weighted by Crippen LogP contribution is -2.53. The Morgan fingerprint density at radius 3 is 1.47 bits per heavy atom. The highest BCUT2D eigenvalue weighted by Gasteiger charge is 2.71. The molecule has 96 valence electrons. The molecule has 0 fully saturated rings. The van der Waals surface area contributed by atoms with E-state index >= 15 is 0 Å². The van der Waals surface area contributed by atoms with Gasteiger partial charge in [-0.05, 0) is 6.92 Å². The Hall–Kier alpha value is -1.24. The second-order valence-electron chi connectivity index (χ2n) is 3.57. The van der Waals surface area contributed by atoms with Gasteiger partial charge in [0, 0.05) is 5.56 Å². The van der Waals surface area contributed by atoms with Crippen LogP contribution in [0, 0.1) is 6.92 Å². The zero-order chi connectivity index (χ0) is 13.5. The van der Waals surface area contributed by atoms with Gasteiger partial charge < -0.3 is 5.11 Å². The van der Waals surface area contributed by atoms with Crippen LogP contribution in [0.15, 0.2) is 24.3 Å². The summed E-state index contributed by atoms with van der Waals surface area (Å²) < 4.78 is 74.5. The van der Waals surface area contributed by atoms with Gasteiger partial charge in [-0.3, -0.25) is 0 Å². The molecule has 0 heterocycles. The van der Waals surface area contributed by atoms with E-state index < -0.39 is 23.5 Å². The Kier molecular flexibility index (Phi) is 3.17. The molecule has 17 heavy (non-hydrogen) atoms. The monoisotopic (exact) mass is 258 g/mol. The van der Waals surface area contributed by atoms with Crippen molar-refractivity contribution in [2.75, 3.05) is 0 Å². The molecule has 0 aromatic heterocycles. The van der Waals surface area contributed by atoms with Crippen molar-refractivity contribution in [3.8, 4) is 0 Å². The van der Waals surface area contributed by atoms with E-state index in [2.05, 4.69) is 0 Å². The zero-order valence-corrected chi connectivity index (χ0v) is 8.52. The van der Waals surface area contributed by atoms with Crippen molar-refractivity contribution in [3.05, 3.63) is 35.4 Å². The molecule has 0 unspecified atom stereocenters. The highest BCUT2D eigenvalue weighted by molar-refractivity contribution is 5.29. The lowest BCUT2D eigenvalue weighted by molar-refractivity contribution is -0.376. The van der Waals surface area contributed by atoms with Crippen LogP contribution in [0.3, 0.4) is 0 Å². The number of benzene rings is 1. The fourth-order valence-electron chi connectivity index (χ4n) is 1.28. The maximum atomic E-state index is 12.4. The van der Waals surface area contributed by atoms with E-state index in [0.29, 0.717) is 17.7 Å². The molecule has 7 heteroatoms. The van der Waals surface area contributed by atoms with Crippen LogP contribution in [0.2, 0.25) is 0 Å². The van der Waals surface area contributed by atoms with Gasteiger partial charge >= 0.3 is 12.4 Å². The fourth-order valence-corrected chi connectivity index (χ4v) is 1.28. The third-order valence-electron chi connectivity index (χ3n) is 2.29. The van der Waals surface area contributed by atoms with Crippen LogP contribution in [0.5, 0.6) is 0 Å². The number of rotatable bonds is 1. The molecule has 0 spiro atoms. The van der Waals surface area contributed by atoms with Crippen molar-refractivity contribution in [2.45, 2.75) is 24.9 Å². The first kappa shape index (κ1) is 13.8. The topological polar surface area (TPSA) is 20.2 Å². The summed E-state index contributed by atoms with van der Waals surface area (Å²) >= 11 is 0. The van der Waals surface area contributed by atoms with Gasteiger partial charge in [-0.1, -0.05) is 29.8 Å². The van der Waals surface area contributed by atoms with E-state index in [9.17, 15) is 26.3 Å². The highest BCUT2D eigenvalue weighted by Crippen LogP contribution is 2.49. The smallest absolute Gasteiger partial charge is 0.369 e. The van der Waals surface area contributed by atoms with E-state index in [1.165, 1.54) is 6.92 Å². The Labute approximate surface area is 92.7 Å². The molecular weight excluding hydrogens is 250 g/mol. The molecule has 0 aliphatic heterocycles. The second kappa shape index (κ2) is 3.90. The molecule has 0 atom stereocenters. The van der Waals surface area contributed by atoms with Gasteiger partial charge in [0.15, 0.2) is 0 Å². The normalized spacial score (nSPS) is 13.9. The van der Waals surface area contributed by atoms with Crippen molar-refractivity contribution < 1.29 is 31.4 Å². The van der Waals surface area contributed by atoms with E-state index in [0.717, 1.165) is 12.1 Å². The lowest BCUT2D eigenvalue weighted by Gasteiger charge is -2.32. The molecule has 0 saturated carbocycles. The molecule has 1 aromatic carbocycles. The van der Waals surface area contributed by atoms with Crippen molar-refractivity contribution in [1.29, 1.82) is 0 Å². The van der Waals surface area contributed by atoms with Gasteiger partial charge in [-0.15, -0.1) is 0 Å². The molecule has 1 rings (SSSR count). The van der Waals surface area contributed by atoms with Crippen LogP contribution in [-0.4, -0.2) is 17.5 Å². The molecule has 0 aliphatic carbocycles. The highest BCUT2D eigenvalue weighted by atomic mass is 19.4. The second-order valence-corrected chi connectivity index (χ2v) is 3.57. The fraction of sp³-hybridized carbons (Fsp3) is 0.400. The maximum Gasteiger partial charge on any atom is 0.430 e. The summed E-state index contributed by atoms with van der Waals surface area (Å²) in [5, 5.41) is 9.00. The molecule has 1 aromatic rings. The van der Waals surface area contributed by atoms with Gasteiger partial charge in [-0.25, -0.2) is 0 Å². The van der Waals surface area contributed by atoms with Gasteiger partial charge in [-0.2, -0.15) is 26.3 Å². The summed E-state index contributed by atoms with van der Waals surface area (Å²) in [5.74, 6) is 0. The minimum absolute atomic E-state index is 0.487. The van der Waals surface area contributed by atoms with Crippen LogP contribution in [-0.2, 0) is 5.60 Å². The Bertz CT molecular complexity index is 375. The molecule has 0 radical (unpaired) electrons. The van der Waals surface area contributed by atoms with Crippen LogP contribution in [0.4, 0.5) is 26.3 Å². The predicted octanol–water partition coefficient (Wildman–Crippen LogP) is 3.31. The largest absolute Gasteiger partial charge is 0.430 e. The van der Waals surface area contributed by atoms with E-state index in [1.807, 2.05) is 0 Å². The van der Waals surface area contributed by atoms with Crippen LogP contribution in [0.1, 0.15) is 11.1 Å². The summed E-state index contributed by atoms with van der Waals surface area (Å²) in [6.45, 7) is 1.50. The number of hydrogen-bond acceptors (Lipinski definition) is 1. The van der Waals surface area contributed by atoms with E-state index in [1.54, 1.807) is 0 Å². The van der Waals surface area contributed by atoms with Gasteiger partial charge in [0.1, 0.15) is 0 Å². The van der Waals surface area contributed by atoms with Crippen LogP contribution < -0.4 is 0 Å². The third-order valence-corrected chi connectivity index (χ3v) is 2.29. The van der Waals surface area contributed by atoms with Crippen LogP contribution >= 0.6 is 0 Å². The standard InChI is InChI=1S/C10H8F6O/c1-6-2-4-7(5-3-6)8(17,9(11,12)13)10(14,15)16/h2-5,17H,1H3. The Morgan fingerprint density at radius 2 is 1.18 bits per heavy atom. The molecule has 1 N–H and O–H groups in total. The van der Waals surface area contributed by atoms with Gasteiger partial charge in [0.2, 0.25) is 0 Å². The first-order valence-corrected chi connectivity index (χ1v) is 4.43. The van der Waals surface area contributed by atoms with E-state index in [-0.39, 0.29) is 0 Å². The summed E-state index contributed by atoms with van der Waals surface area (Å²) in [6, 6.07) is 3.35. The number of alkyl halides is 6. The molecule has 1 nitrogen and oxygen atoms in total. The summed E-state index contributed by atoms with van der Waals surface area (Å²) in [5.41, 5.74) is -5.60. The Morgan fingerprint density at radius 1 is 0.824 bits per heavy atom. The average molecular weight is 258 g/mol. The van der Waals surface area contributed by atoms with Crippen molar-refractivity contribution in [3.63, 3.8) is 0 Å². The summed E-state index contributed by atoms with van der Waals surface area (Å²) in [7, 11) is 0. The molecular formula is C10H8F6O. The van der Waals surface area contributed by atoms with Crippen molar-refractivity contribution in [1.82, 2.24) is 0 Å². The van der Waals surface area contributed by atoms with Gasteiger partial charge in [0.05, 0.1) is 0 Å². The third kappa shape index (κ3) is 2.24. The number of aryl methyl sites for hydroxylation is 1. The summed E-state index contributed by atoms with van der Waals surface area (Å²) in [4.78, 5) is 0. The maximum absolute atomic E-state index is 12.4. The van der Waals surface area contributed by atoms with Crippen molar-refractivity contribution in [2.24, 2.45) is 0 Å². The molecule has 0 saturated heterocycles. The first-order chi connectivity index (χ1) is 7.50. The Balaban J connectivity index is 3.41. The number of halogens is 6. The zero-order valence-electron chi connectivity index (χ0n) is 8.52.